The van der Waals surface area contributed by atoms with Crippen LogP contribution in [0.25, 0.3) is 10.2 Å². The van der Waals surface area contributed by atoms with E-state index in [1.807, 2.05) is 32.2 Å². The molecule has 148 valence electrons. The van der Waals surface area contributed by atoms with Gasteiger partial charge in [0, 0.05) is 24.9 Å². The quantitative estimate of drug-likeness (QED) is 0.613. The molecule has 0 aliphatic carbocycles. The molecule has 0 saturated carbocycles. The van der Waals surface area contributed by atoms with Crippen LogP contribution >= 0.6 is 11.3 Å². The van der Waals surface area contributed by atoms with E-state index < -0.39 is 5.97 Å². The van der Waals surface area contributed by atoms with Gasteiger partial charge in [-0.1, -0.05) is 6.07 Å². The van der Waals surface area contributed by atoms with E-state index in [1.165, 1.54) is 11.3 Å². The van der Waals surface area contributed by atoms with Gasteiger partial charge >= 0.3 is 5.97 Å². The number of H-pyrrole nitrogens is 1. The molecule has 3 aromatic heterocycles. The standard InChI is InChI=1S/C20H24N4O3S/c1-5-27-20(26)16-12(2)15-18(25)22-17(23-19(15)28-16)13(3)24(4)11-9-14-8-6-7-10-21-14/h6-8,10,13H,5,9,11H2,1-4H3,(H,22,23,25). The Labute approximate surface area is 167 Å². The van der Waals surface area contributed by atoms with Crippen LogP contribution in [0.2, 0.25) is 0 Å². The topological polar surface area (TPSA) is 88.2 Å². The summed E-state index contributed by atoms with van der Waals surface area (Å²) in [4.78, 5) is 39.7. The molecule has 8 heteroatoms. The minimum Gasteiger partial charge on any atom is -0.462 e. The molecule has 0 fully saturated rings. The highest BCUT2D eigenvalue weighted by Crippen LogP contribution is 2.28. The van der Waals surface area contributed by atoms with Crippen LogP contribution in [-0.4, -0.2) is 46.0 Å². The average Bonchev–Trinajstić information content (AvgIpc) is 3.03. The van der Waals surface area contributed by atoms with Crippen LogP contribution in [0.3, 0.4) is 0 Å². The Bertz CT molecular complexity index is 1030. The number of ether oxygens (including phenoxy) is 1. The largest absolute Gasteiger partial charge is 0.462 e. The van der Waals surface area contributed by atoms with Crippen molar-refractivity contribution in [2.75, 3.05) is 20.2 Å². The molecule has 1 atom stereocenters. The molecule has 0 amide bonds. The lowest BCUT2D eigenvalue weighted by atomic mass is 10.2. The number of esters is 1. The second kappa shape index (κ2) is 8.62. The predicted molar refractivity (Wildman–Crippen MR) is 110 cm³/mol. The maximum absolute atomic E-state index is 12.7. The molecule has 0 bridgehead atoms. The van der Waals surface area contributed by atoms with Gasteiger partial charge in [-0.05, 0) is 45.5 Å². The smallest absolute Gasteiger partial charge is 0.348 e. The number of aromatic nitrogens is 3. The maximum atomic E-state index is 12.7. The fourth-order valence-electron chi connectivity index (χ4n) is 2.99. The van der Waals surface area contributed by atoms with Gasteiger partial charge in [0.25, 0.3) is 5.56 Å². The Morgan fingerprint density at radius 3 is 2.86 bits per heavy atom. The number of fused-ring (bicyclic) bond motifs is 1. The van der Waals surface area contributed by atoms with Crippen molar-refractivity contribution < 1.29 is 9.53 Å². The zero-order valence-electron chi connectivity index (χ0n) is 16.5. The number of rotatable bonds is 7. The highest BCUT2D eigenvalue weighted by molar-refractivity contribution is 7.20. The molecule has 0 aliphatic rings. The predicted octanol–water partition coefficient (Wildman–Crippen LogP) is 3.10. The first-order valence-corrected chi connectivity index (χ1v) is 10.0. The summed E-state index contributed by atoms with van der Waals surface area (Å²) in [7, 11) is 1.99. The third-order valence-corrected chi connectivity index (χ3v) is 5.95. The van der Waals surface area contributed by atoms with E-state index in [1.54, 1.807) is 20.0 Å². The molecule has 3 heterocycles. The molecule has 1 N–H and O–H groups in total. The van der Waals surface area contributed by atoms with Crippen molar-refractivity contribution >= 4 is 27.5 Å². The van der Waals surface area contributed by atoms with Crippen LogP contribution in [-0.2, 0) is 11.2 Å². The fraction of sp³-hybridized carbons (Fsp3) is 0.400. The van der Waals surface area contributed by atoms with E-state index in [0.717, 1.165) is 18.7 Å². The van der Waals surface area contributed by atoms with Crippen LogP contribution in [0, 0.1) is 6.92 Å². The van der Waals surface area contributed by atoms with Gasteiger partial charge in [-0.25, -0.2) is 9.78 Å². The minimum absolute atomic E-state index is 0.0886. The van der Waals surface area contributed by atoms with Crippen LogP contribution in [0.5, 0.6) is 0 Å². The number of carbonyl (C=O) groups is 1. The van der Waals surface area contributed by atoms with Gasteiger partial charge in [0.2, 0.25) is 0 Å². The summed E-state index contributed by atoms with van der Waals surface area (Å²) in [6, 6.07) is 5.77. The zero-order valence-corrected chi connectivity index (χ0v) is 17.3. The molecule has 3 aromatic rings. The van der Waals surface area contributed by atoms with E-state index in [0.29, 0.717) is 33.1 Å². The van der Waals surface area contributed by atoms with Crippen LogP contribution in [0.4, 0.5) is 0 Å². The molecule has 0 aliphatic heterocycles. The van der Waals surface area contributed by atoms with Gasteiger partial charge in [-0.15, -0.1) is 11.3 Å². The lowest BCUT2D eigenvalue weighted by Crippen LogP contribution is -2.28. The number of nitrogens with one attached hydrogen (secondary N) is 1. The van der Waals surface area contributed by atoms with E-state index in [4.69, 9.17) is 4.74 Å². The molecule has 0 aromatic carbocycles. The molecular formula is C20H24N4O3S. The lowest BCUT2D eigenvalue weighted by Gasteiger charge is -2.23. The third-order valence-electron chi connectivity index (χ3n) is 4.78. The van der Waals surface area contributed by atoms with Crippen molar-refractivity contribution in [3.05, 3.63) is 56.7 Å². The molecule has 0 spiro atoms. The van der Waals surface area contributed by atoms with Gasteiger partial charge in [-0.3, -0.25) is 14.7 Å². The van der Waals surface area contributed by atoms with E-state index in [2.05, 4.69) is 19.9 Å². The van der Waals surface area contributed by atoms with Gasteiger partial charge in [0.05, 0.1) is 18.0 Å². The van der Waals surface area contributed by atoms with Crippen LogP contribution in [0.15, 0.2) is 29.2 Å². The van der Waals surface area contributed by atoms with Crippen molar-refractivity contribution in [3.63, 3.8) is 0 Å². The van der Waals surface area contributed by atoms with E-state index >= 15 is 0 Å². The maximum Gasteiger partial charge on any atom is 0.348 e. The van der Waals surface area contributed by atoms with Gasteiger partial charge in [-0.2, -0.15) is 0 Å². The number of pyridine rings is 1. The zero-order chi connectivity index (χ0) is 20.3. The molecule has 0 radical (unpaired) electrons. The molecule has 0 saturated heterocycles. The van der Waals surface area contributed by atoms with Crippen molar-refractivity contribution in [2.24, 2.45) is 0 Å². The van der Waals surface area contributed by atoms with Gasteiger partial charge in [0.15, 0.2) is 0 Å². The second-order valence-electron chi connectivity index (χ2n) is 6.64. The highest BCUT2D eigenvalue weighted by Gasteiger charge is 2.22. The number of thiophene rings is 1. The number of carbonyl (C=O) groups excluding carboxylic acids is 1. The first kappa shape index (κ1) is 20.2. The van der Waals surface area contributed by atoms with Crippen molar-refractivity contribution in [1.82, 2.24) is 19.9 Å². The van der Waals surface area contributed by atoms with Crippen LogP contribution < -0.4 is 5.56 Å². The van der Waals surface area contributed by atoms with Crippen molar-refractivity contribution in [1.29, 1.82) is 0 Å². The summed E-state index contributed by atoms with van der Waals surface area (Å²) in [5, 5.41) is 0.458. The summed E-state index contributed by atoms with van der Waals surface area (Å²) in [5.74, 6) is 0.169. The average molecular weight is 401 g/mol. The van der Waals surface area contributed by atoms with Crippen LogP contribution in [0.1, 0.15) is 46.6 Å². The molecule has 3 rings (SSSR count). The Balaban J connectivity index is 1.84. The SMILES string of the molecule is CCOC(=O)c1sc2nc(C(C)N(C)CCc3ccccn3)[nH]c(=O)c2c1C. The summed E-state index contributed by atoms with van der Waals surface area (Å²) in [6.07, 6.45) is 2.59. The summed E-state index contributed by atoms with van der Waals surface area (Å²) < 4.78 is 5.09. The normalized spacial score (nSPS) is 12.5. The molecule has 7 nitrogen and oxygen atoms in total. The Hall–Kier alpha value is -2.58. The monoisotopic (exact) mass is 400 g/mol. The van der Waals surface area contributed by atoms with Gasteiger partial charge in [0.1, 0.15) is 15.5 Å². The molecular weight excluding hydrogens is 376 g/mol. The number of nitrogens with zero attached hydrogens (tertiary/aromatic N) is 3. The lowest BCUT2D eigenvalue weighted by molar-refractivity contribution is 0.0531. The van der Waals surface area contributed by atoms with Gasteiger partial charge < -0.3 is 9.72 Å². The fourth-order valence-corrected chi connectivity index (χ4v) is 4.07. The minimum atomic E-state index is -0.413. The number of aryl methyl sites for hydroxylation is 1. The Kier molecular flexibility index (Phi) is 6.21. The molecule has 28 heavy (non-hydrogen) atoms. The van der Waals surface area contributed by atoms with Crippen molar-refractivity contribution in [2.45, 2.75) is 33.2 Å². The van der Waals surface area contributed by atoms with E-state index in [9.17, 15) is 9.59 Å². The number of hydrogen-bond donors (Lipinski definition) is 1. The number of likely N-dealkylation sites (N-methyl/N-ethyl adjacent to an activating group) is 1. The summed E-state index contributed by atoms with van der Waals surface area (Å²) >= 11 is 1.21. The van der Waals surface area contributed by atoms with E-state index in [-0.39, 0.29) is 11.6 Å². The van der Waals surface area contributed by atoms with Crippen molar-refractivity contribution in [3.8, 4) is 0 Å². The first-order chi connectivity index (χ1) is 13.4. The second-order valence-corrected chi connectivity index (χ2v) is 7.63. The third kappa shape index (κ3) is 4.13. The Morgan fingerprint density at radius 1 is 1.39 bits per heavy atom. The first-order valence-electron chi connectivity index (χ1n) is 9.23. The Morgan fingerprint density at radius 2 is 2.18 bits per heavy atom. The number of aromatic amines is 1. The highest BCUT2D eigenvalue weighted by atomic mass is 32.1. The number of hydrogen-bond acceptors (Lipinski definition) is 7. The molecule has 1 unspecified atom stereocenters. The summed E-state index contributed by atoms with van der Waals surface area (Å²) in [6.45, 7) is 6.57. The summed E-state index contributed by atoms with van der Waals surface area (Å²) in [5.41, 5.74) is 1.41.